The van der Waals surface area contributed by atoms with Crippen molar-refractivity contribution in [2.45, 2.75) is 26.3 Å². The Labute approximate surface area is 110 Å². The highest BCUT2D eigenvalue weighted by Crippen LogP contribution is 2.40. The maximum absolute atomic E-state index is 6.26. The first-order valence-electron chi connectivity index (χ1n) is 5.10. The highest BCUT2D eigenvalue weighted by molar-refractivity contribution is 9.10. The molecule has 0 saturated carbocycles. The second-order valence-corrected chi connectivity index (χ2v) is 5.02. The summed E-state index contributed by atoms with van der Waals surface area (Å²) < 4.78 is 6.57. The van der Waals surface area contributed by atoms with Gasteiger partial charge in [0, 0.05) is 10.0 Å². The van der Waals surface area contributed by atoms with Gasteiger partial charge in [-0.3, -0.25) is 0 Å². The summed E-state index contributed by atoms with van der Waals surface area (Å²) >= 11 is 9.86. The second-order valence-electron chi connectivity index (χ2n) is 3.79. The van der Waals surface area contributed by atoms with Gasteiger partial charge < -0.3 is 10.1 Å². The van der Waals surface area contributed by atoms with Gasteiger partial charge in [-0.15, -0.1) is 11.6 Å². The molecule has 0 radical (unpaired) electrons. The molecule has 16 heavy (non-hydrogen) atoms. The molecule has 0 heterocycles. The first kappa shape index (κ1) is 13.8. The number of nitrogens with one attached hydrogen (secondary N) is 1. The largest absolute Gasteiger partial charge is 0.496 e. The highest BCUT2D eigenvalue weighted by Gasteiger charge is 2.21. The van der Waals surface area contributed by atoms with Crippen LogP contribution in [0.25, 0.3) is 0 Å². The van der Waals surface area contributed by atoms with Crippen molar-refractivity contribution in [3.05, 3.63) is 26.7 Å². The molecule has 0 saturated heterocycles. The van der Waals surface area contributed by atoms with E-state index in [-0.39, 0.29) is 5.50 Å². The van der Waals surface area contributed by atoms with E-state index in [1.54, 1.807) is 7.11 Å². The summed E-state index contributed by atoms with van der Waals surface area (Å²) in [6.07, 6.45) is 0. The second kappa shape index (κ2) is 5.39. The van der Waals surface area contributed by atoms with E-state index in [9.17, 15) is 0 Å². The maximum Gasteiger partial charge on any atom is 0.128 e. The fraction of sp³-hybridized carbons (Fsp3) is 0.500. The normalized spacial score (nSPS) is 12.7. The van der Waals surface area contributed by atoms with Gasteiger partial charge in [0.25, 0.3) is 0 Å². The van der Waals surface area contributed by atoms with Gasteiger partial charge in [-0.1, -0.05) is 15.9 Å². The highest BCUT2D eigenvalue weighted by atomic mass is 79.9. The van der Waals surface area contributed by atoms with Crippen LogP contribution in [0.1, 0.15) is 27.8 Å². The van der Waals surface area contributed by atoms with Gasteiger partial charge in [0.15, 0.2) is 0 Å². The van der Waals surface area contributed by atoms with Crippen molar-refractivity contribution in [1.82, 2.24) is 5.32 Å². The number of alkyl halides is 1. The minimum atomic E-state index is -0.245. The van der Waals surface area contributed by atoms with Gasteiger partial charge >= 0.3 is 0 Å². The van der Waals surface area contributed by atoms with Crippen LogP contribution in [0.15, 0.2) is 4.47 Å². The average molecular weight is 307 g/mol. The van der Waals surface area contributed by atoms with E-state index in [1.165, 1.54) is 5.56 Å². The molecule has 90 valence electrons. The van der Waals surface area contributed by atoms with E-state index in [1.807, 2.05) is 20.9 Å². The van der Waals surface area contributed by atoms with Gasteiger partial charge in [0.05, 0.1) is 7.11 Å². The molecule has 0 aliphatic rings. The quantitative estimate of drug-likeness (QED) is 0.677. The van der Waals surface area contributed by atoms with E-state index in [2.05, 4.69) is 28.2 Å². The third-order valence-corrected chi connectivity index (χ3v) is 4.55. The monoisotopic (exact) mass is 305 g/mol. The van der Waals surface area contributed by atoms with Gasteiger partial charge in [-0.25, -0.2) is 0 Å². The molecule has 1 aromatic carbocycles. The number of benzene rings is 1. The molecule has 4 heteroatoms. The topological polar surface area (TPSA) is 21.3 Å². The summed E-state index contributed by atoms with van der Waals surface area (Å²) in [7, 11) is 3.51. The van der Waals surface area contributed by atoms with Crippen LogP contribution in [-0.4, -0.2) is 14.2 Å². The van der Waals surface area contributed by atoms with Crippen molar-refractivity contribution in [2.75, 3.05) is 14.2 Å². The Kier molecular flexibility index (Phi) is 4.65. The first-order chi connectivity index (χ1) is 7.45. The van der Waals surface area contributed by atoms with Crippen LogP contribution in [0.5, 0.6) is 5.75 Å². The van der Waals surface area contributed by atoms with Crippen LogP contribution < -0.4 is 10.1 Å². The number of halogens is 2. The van der Waals surface area contributed by atoms with Crippen molar-refractivity contribution in [3.8, 4) is 5.75 Å². The smallest absolute Gasteiger partial charge is 0.128 e. The SMILES string of the molecule is CNC(Cl)c1c(C)c(Br)c(C)c(C)c1OC. The van der Waals surface area contributed by atoms with Gasteiger partial charge in [0.1, 0.15) is 11.3 Å². The Morgan fingerprint density at radius 3 is 2.19 bits per heavy atom. The first-order valence-corrected chi connectivity index (χ1v) is 6.33. The Balaban J connectivity index is 3.57. The number of hydrogen-bond donors (Lipinski definition) is 1. The van der Waals surface area contributed by atoms with E-state index in [0.717, 1.165) is 26.9 Å². The average Bonchev–Trinajstić information content (AvgIpc) is 2.29. The van der Waals surface area contributed by atoms with Crippen molar-refractivity contribution >= 4 is 27.5 Å². The lowest BCUT2D eigenvalue weighted by Crippen LogP contribution is -2.14. The Hall–Kier alpha value is -0.250. The summed E-state index contributed by atoms with van der Waals surface area (Å²) in [6, 6.07) is 0. The lowest BCUT2D eigenvalue weighted by atomic mass is 9.98. The molecule has 0 bridgehead atoms. The number of methoxy groups -OCH3 is 1. The molecule has 0 aromatic heterocycles. The predicted octanol–water partition coefficient (Wildman–Crippen LogP) is 3.84. The molecule has 1 N–H and O–H groups in total. The molecule has 0 fully saturated rings. The minimum absolute atomic E-state index is 0.245. The van der Waals surface area contributed by atoms with Gasteiger partial charge in [-0.2, -0.15) is 0 Å². The van der Waals surface area contributed by atoms with Gasteiger partial charge in [0.2, 0.25) is 0 Å². The summed E-state index contributed by atoms with van der Waals surface area (Å²) in [5, 5.41) is 3.04. The number of ether oxygens (including phenoxy) is 1. The zero-order valence-electron chi connectivity index (χ0n) is 10.2. The maximum atomic E-state index is 6.26. The van der Waals surface area contributed by atoms with Crippen molar-refractivity contribution in [2.24, 2.45) is 0 Å². The standard InChI is InChI=1S/C12H17BrClNO/c1-6-7(2)11(16-5)9(12(14)15-4)8(3)10(6)13/h12,15H,1-5H3. The summed E-state index contributed by atoms with van der Waals surface area (Å²) in [5.74, 6) is 0.868. The zero-order chi connectivity index (χ0) is 12.5. The van der Waals surface area contributed by atoms with Crippen molar-refractivity contribution in [1.29, 1.82) is 0 Å². The zero-order valence-corrected chi connectivity index (χ0v) is 12.6. The molecule has 0 amide bonds. The van der Waals surface area contributed by atoms with Crippen LogP contribution in [0, 0.1) is 20.8 Å². The fourth-order valence-corrected chi connectivity index (χ4v) is 2.59. The van der Waals surface area contributed by atoms with Crippen LogP contribution in [0.4, 0.5) is 0 Å². The van der Waals surface area contributed by atoms with Crippen LogP contribution in [0.3, 0.4) is 0 Å². The number of rotatable bonds is 3. The fourth-order valence-electron chi connectivity index (χ4n) is 1.82. The molecular weight excluding hydrogens is 289 g/mol. The third kappa shape index (κ3) is 2.22. The molecule has 1 aromatic rings. The molecule has 0 spiro atoms. The molecular formula is C12H17BrClNO. The summed E-state index contributed by atoms with van der Waals surface area (Å²) in [5.41, 5.74) is 4.19. The van der Waals surface area contributed by atoms with Crippen LogP contribution in [-0.2, 0) is 0 Å². The lowest BCUT2D eigenvalue weighted by Gasteiger charge is -2.21. The molecule has 1 atom stereocenters. The molecule has 0 aliphatic carbocycles. The van der Waals surface area contributed by atoms with E-state index in [0.29, 0.717) is 0 Å². The predicted molar refractivity (Wildman–Crippen MR) is 72.6 cm³/mol. The van der Waals surface area contributed by atoms with Crippen LogP contribution in [0.2, 0.25) is 0 Å². The third-order valence-electron chi connectivity index (χ3n) is 2.92. The minimum Gasteiger partial charge on any atom is -0.496 e. The molecule has 1 unspecified atom stereocenters. The Bertz CT molecular complexity index is 407. The number of hydrogen-bond acceptors (Lipinski definition) is 2. The van der Waals surface area contributed by atoms with E-state index in [4.69, 9.17) is 16.3 Å². The molecule has 0 aliphatic heterocycles. The Morgan fingerprint density at radius 2 is 1.75 bits per heavy atom. The van der Waals surface area contributed by atoms with E-state index < -0.39 is 0 Å². The Morgan fingerprint density at radius 1 is 1.19 bits per heavy atom. The molecule has 1 rings (SSSR count). The van der Waals surface area contributed by atoms with Crippen LogP contribution >= 0.6 is 27.5 Å². The van der Waals surface area contributed by atoms with Gasteiger partial charge in [-0.05, 0) is 44.5 Å². The molecule has 2 nitrogen and oxygen atoms in total. The van der Waals surface area contributed by atoms with Crippen molar-refractivity contribution in [3.63, 3.8) is 0 Å². The van der Waals surface area contributed by atoms with Crippen molar-refractivity contribution < 1.29 is 4.74 Å². The lowest BCUT2D eigenvalue weighted by molar-refractivity contribution is 0.403. The summed E-state index contributed by atoms with van der Waals surface area (Å²) in [4.78, 5) is 0. The summed E-state index contributed by atoms with van der Waals surface area (Å²) in [6.45, 7) is 6.16. The van der Waals surface area contributed by atoms with E-state index >= 15 is 0 Å².